The van der Waals surface area contributed by atoms with Gasteiger partial charge in [0.15, 0.2) is 0 Å². The molecule has 4 nitrogen and oxygen atoms in total. The molecule has 1 aromatic carbocycles. The van der Waals surface area contributed by atoms with Crippen molar-refractivity contribution < 1.29 is 23.1 Å². The van der Waals surface area contributed by atoms with Gasteiger partial charge in [0.1, 0.15) is 0 Å². The molecule has 0 aliphatic rings. The van der Waals surface area contributed by atoms with Crippen LogP contribution in [0.25, 0.3) is 0 Å². The highest BCUT2D eigenvalue weighted by Crippen LogP contribution is 2.32. The maximum Gasteiger partial charge on any atom is 0.416 e. The molecule has 0 aliphatic carbocycles. The van der Waals surface area contributed by atoms with Crippen LogP contribution in [-0.4, -0.2) is 43.3 Å². The van der Waals surface area contributed by atoms with Crippen LogP contribution >= 0.6 is 0 Å². The highest BCUT2D eigenvalue weighted by molar-refractivity contribution is 5.73. The Balaban J connectivity index is 2.76. The summed E-state index contributed by atoms with van der Waals surface area (Å²) in [5.41, 5.74) is -0.592. The maximum atomic E-state index is 12.9. The van der Waals surface area contributed by atoms with Crippen LogP contribution in [0.3, 0.4) is 0 Å². The molecule has 1 rings (SSSR count). The van der Waals surface area contributed by atoms with Gasteiger partial charge in [-0.2, -0.15) is 13.2 Å². The van der Waals surface area contributed by atoms with E-state index in [2.05, 4.69) is 5.32 Å². The fourth-order valence-electron chi connectivity index (χ4n) is 1.88. The Bertz CT molecular complexity index is 476. The third kappa shape index (κ3) is 5.26. The molecule has 0 aromatic heterocycles. The van der Waals surface area contributed by atoms with E-state index in [1.807, 2.05) is 0 Å². The minimum Gasteiger partial charge on any atom is -0.396 e. The largest absolute Gasteiger partial charge is 0.416 e. The van der Waals surface area contributed by atoms with Crippen LogP contribution in [-0.2, 0) is 12.6 Å². The summed E-state index contributed by atoms with van der Waals surface area (Å²) in [4.78, 5) is 12.7. The van der Waals surface area contributed by atoms with Crippen LogP contribution in [0.4, 0.5) is 18.0 Å². The molecule has 0 heterocycles. The molecule has 118 valence electrons. The zero-order valence-corrected chi connectivity index (χ0v) is 11.9. The lowest BCUT2D eigenvalue weighted by atomic mass is 9.95. The Morgan fingerprint density at radius 2 is 1.95 bits per heavy atom. The van der Waals surface area contributed by atoms with Crippen LogP contribution in [0.2, 0.25) is 0 Å². The Hall–Kier alpha value is -1.76. The quantitative estimate of drug-likeness (QED) is 0.875. The maximum absolute atomic E-state index is 12.9. The van der Waals surface area contributed by atoms with Gasteiger partial charge in [0, 0.05) is 33.2 Å². The first-order chi connectivity index (χ1) is 9.75. The average Bonchev–Trinajstić information content (AvgIpc) is 2.42. The Labute approximate surface area is 121 Å². The molecule has 0 bridgehead atoms. The first-order valence-corrected chi connectivity index (χ1v) is 6.46. The van der Waals surface area contributed by atoms with E-state index in [4.69, 9.17) is 0 Å². The summed E-state index contributed by atoms with van der Waals surface area (Å²) < 4.78 is 38.7. The predicted molar refractivity (Wildman–Crippen MR) is 72.8 cm³/mol. The molecule has 21 heavy (non-hydrogen) atoms. The lowest BCUT2D eigenvalue weighted by Crippen LogP contribution is -2.38. The number of aliphatic hydroxyl groups excluding tert-OH is 1. The number of benzene rings is 1. The van der Waals surface area contributed by atoms with Gasteiger partial charge >= 0.3 is 12.2 Å². The highest BCUT2D eigenvalue weighted by atomic mass is 19.4. The van der Waals surface area contributed by atoms with Crippen molar-refractivity contribution in [1.82, 2.24) is 10.2 Å². The van der Waals surface area contributed by atoms with Crippen molar-refractivity contribution in [2.45, 2.75) is 12.6 Å². The SMILES string of the molecule is CN(C)C(=O)NCC(CO)Cc1ccccc1C(F)(F)F. The number of alkyl halides is 3. The standard InChI is InChI=1S/C14H19F3N2O2/c1-19(2)13(21)18-8-10(9-20)7-11-5-3-4-6-12(11)14(15,16)17/h3-6,10,20H,7-9H2,1-2H3,(H,18,21). The molecule has 0 radical (unpaired) electrons. The smallest absolute Gasteiger partial charge is 0.396 e. The van der Waals surface area contributed by atoms with E-state index in [0.29, 0.717) is 0 Å². The van der Waals surface area contributed by atoms with Crippen LogP contribution in [0.5, 0.6) is 0 Å². The summed E-state index contributed by atoms with van der Waals surface area (Å²) in [7, 11) is 3.12. The second-order valence-electron chi connectivity index (χ2n) is 4.99. The van der Waals surface area contributed by atoms with Gasteiger partial charge in [-0.15, -0.1) is 0 Å². The van der Waals surface area contributed by atoms with E-state index < -0.39 is 17.7 Å². The van der Waals surface area contributed by atoms with Gasteiger partial charge < -0.3 is 15.3 Å². The van der Waals surface area contributed by atoms with Crippen molar-refractivity contribution in [3.63, 3.8) is 0 Å². The Morgan fingerprint density at radius 1 is 1.33 bits per heavy atom. The van der Waals surface area contributed by atoms with E-state index in [-0.39, 0.29) is 31.2 Å². The van der Waals surface area contributed by atoms with Crippen molar-refractivity contribution in [3.05, 3.63) is 35.4 Å². The number of carbonyl (C=O) groups is 1. The van der Waals surface area contributed by atoms with Crippen molar-refractivity contribution in [3.8, 4) is 0 Å². The van der Waals surface area contributed by atoms with Gasteiger partial charge in [0.2, 0.25) is 0 Å². The number of halogens is 3. The number of nitrogens with zero attached hydrogens (tertiary/aromatic N) is 1. The molecular formula is C14H19F3N2O2. The summed E-state index contributed by atoms with van der Waals surface area (Å²) in [6, 6.07) is 4.91. The van der Waals surface area contributed by atoms with Crippen molar-refractivity contribution in [1.29, 1.82) is 0 Å². The zero-order valence-electron chi connectivity index (χ0n) is 11.9. The average molecular weight is 304 g/mol. The fourth-order valence-corrected chi connectivity index (χ4v) is 1.88. The molecule has 2 N–H and O–H groups in total. The van der Waals surface area contributed by atoms with E-state index >= 15 is 0 Å². The minimum absolute atomic E-state index is 0.0416. The minimum atomic E-state index is -4.43. The Morgan fingerprint density at radius 3 is 2.48 bits per heavy atom. The monoisotopic (exact) mass is 304 g/mol. The number of amides is 2. The first kappa shape index (κ1) is 17.3. The molecule has 1 aromatic rings. The van der Waals surface area contributed by atoms with Gasteiger partial charge in [0.25, 0.3) is 0 Å². The molecular weight excluding hydrogens is 285 g/mol. The second kappa shape index (κ2) is 7.31. The van der Waals surface area contributed by atoms with Gasteiger partial charge in [-0.1, -0.05) is 18.2 Å². The predicted octanol–water partition coefficient (Wildman–Crippen LogP) is 2.13. The van der Waals surface area contributed by atoms with Gasteiger partial charge in [-0.05, 0) is 18.1 Å². The molecule has 0 fully saturated rings. The van der Waals surface area contributed by atoms with E-state index in [0.717, 1.165) is 6.07 Å². The van der Waals surface area contributed by atoms with Gasteiger partial charge in [-0.25, -0.2) is 4.79 Å². The molecule has 0 saturated heterocycles. The topological polar surface area (TPSA) is 52.6 Å². The number of aliphatic hydroxyl groups is 1. The number of carbonyl (C=O) groups excluding carboxylic acids is 1. The highest BCUT2D eigenvalue weighted by Gasteiger charge is 2.33. The van der Waals surface area contributed by atoms with Crippen LogP contribution in [0, 0.1) is 5.92 Å². The summed E-state index contributed by atoms with van der Waals surface area (Å²) in [6.07, 6.45) is -4.39. The van der Waals surface area contributed by atoms with Crippen LogP contribution in [0.1, 0.15) is 11.1 Å². The number of urea groups is 1. The Kier molecular flexibility index (Phi) is 6.02. The lowest BCUT2D eigenvalue weighted by Gasteiger charge is -2.19. The molecule has 1 unspecified atom stereocenters. The first-order valence-electron chi connectivity index (χ1n) is 6.46. The fraction of sp³-hybridized carbons (Fsp3) is 0.500. The van der Waals surface area contributed by atoms with E-state index in [9.17, 15) is 23.1 Å². The third-order valence-electron chi connectivity index (χ3n) is 3.04. The van der Waals surface area contributed by atoms with E-state index in [1.165, 1.54) is 23.1 Å². The third-order valence-corrected chi connectivity index (χ3v) is 3.04. The molecule has 0 aliphatic heterocycles. The molecule has 0 spiro atoms. The normalized spacial score (nSPS) is 12.9. The number of hydrogen-bond donors (Lipinski definition) is 2. The molecule has 0 saturated carbocycles. The van der Waals surface area contributed by atoms with Gasteiger partial charge in [0.05, 0.1) is 5.56 Å². The van der Waals surface area contributed by atoms with Crippen molar-refractivity contribution in [2.24, 2.45) is 5.92 Å². The van der Waals surface area contributed by atoms with Crippen molar-refractivity contribution in [2.75, 3.05) is 27.2 Å². The summed E-state index contributed by atoms with van der Waals surface area (Å²) >= 11 is 0. The van der Waals surface area contributed by atoms with Crippen LogP contribution in [0.15, 0.2) is 24.3 Å². The lowest BCUT2D eigenvalue weighted by molar-refractivity contribution is -0.138. The summed E-state index contributed by atoms with van der Waals surface area (Å²) in [6.45, 7) is -0.195. The number of hydrogen-bond acceptors (Lipinski definition) is 2. The zero-order chi connectivity index (χ0) is 16.0. The number of nitrogens with one attached hydrogen (secondary N) is 1. The van der Waals surface area contributed by atoms with Crippen molar-refractivity contribution >= 4 is 6.03 Å². The summed E-state index contributed by atoms with van der Waals surface area (Å²) in [5, 5.41) is 11.8. The second-order valence-corrected chi connectivity index (χ2v) is 4.99. The van der Waals surface area contributed by atoms with Gasteiger partial charge in [-0.3, -0.25) is 0 Å². The van der Waals surface area contributed by atoms with Crippen LogP contribution < -0.4 is 5.32 Å². The molecule has 7 heteroatoms. The summed E-state index contributed by atoms with van der Waals surface area (Å²) in [5.74, 6) is -0.475. The molecule has 1 atom stereocenters. The van der Waals surface area contributed by atoms with E-state index in [1.54, 1.807) is 14.1 Å². The molecule has 2 amide bonds. The number of rotatable bonds is 5.